The van der Waals surface area contributed by atoms with Crippen molar-refractivity contribution in [1.29, 1.82) is 0 Å². The van der Waals surface area contributed by atoms with Crippen LogP contribution in [-0.2, 0) is 9.53 Å². The first-order chi connectivity index (χ1) is 13.6. The number of ether oxygens (including phenoxy) is 1. The Bertz CT molecular complexity index is 654. The van der Waals surface area contributed by atoms with E-state index in [1.807, 2.05) is 47.1 Å². The van der Waals surface area contributed by atoms with Gasteiger partial charge in [0, 0.05) is 29.4 Å². The summed E-state index contributed by atoms with van der Waals surface area (Å²) in [6, 6.07) is 9.57. The minimum absolute atomic E-state index is 0.327. The van der Waals surface area contributed by atoms with E-state index in [2.05, 4.69) is 31.9 Å². The van der Waals surface area contributed by atoms with Gasteiger partial charge in [-0.1, -0.05) is 62.2 Å². The number of aliphatic hydroxyl groups is 1. The Labute approximate surface area is 185 Å². The van der Waals surface area contributed by atoms with E-state index >= 15 is 0 Å². The van der Waals surface area contributed by atoms with E-state index in [1.54, 1.807) is 0 Å². The highest BCUT2D eigenvalue weighted by Gasteiger charge is 2.41. The lowest BCUT2D eigenvalue weighted by Gasteiger charge is -2.47. The third kappa shape index (κ3) is 5.59. The second kappa shape index (κ2) is 12.0. The van der Waals surface area contributed by atoms with Crippen molar-refractivity contribution in [2.75, 3.05) is 30.9 Å². The van der Waals surface area contributed by atoms with Crippen LogP contribution < -0.4 is 0 Å². The molecule has 0 aromatic heterocycles. The van der Waals surface area contributed by atoms with E-state index < -0.39 is 6.35 Å². The zero-order valence-corrected chi connectivity index (χ0v) is 19.8. The SMILES string of the molecule is COC(=O)C1=C(C)N(CCCCBr)C(O)N(CCCCBr)C1c1ccccc1. The average molecular weight is 518 g/mol. The molecule has 0 saturated carbocycles. The highest BCUT2D eigenvalue weighted by Crippen LogP contribution is 2.39. The van der Waals surface area contributed by atoms with Crippen LogP contribution in [0.25, 0.3) is 0 Å². The summed E-state index contributed by atoms with van der Waals surface area (Å²) in [4.78, 5) is 16.7. The molecule has 1 aromatic rings. The molecule has 1 heterocycles. The molecule has 0 radical (unpaired) electrons. The van der Waals surface area contributed by atoms with Crippen LogP contribution in [0.4, 0.5) is 0 Å². The van der Waals surface area contributed by atoms with Crippen LogP contribution in [0, 0.1) is 0 Å². The Balaban J connectivity index is 2.49. The van der Waals surface area contributed by atoms with E-state index in [9.17, 15) is 9.90 Å². The van der Waals surface area contributed by atoms with Crippen LogP contribution in [0.1, 0.15) is 44.2 Å². The Hall–Kier alpha value is -0.890. The largest absolute Gasteiger partial charge is 0.466 e. The summed E-state index contributed by atoms with van der Waals surface area (Å²) >= 11 is 6.94. The van der Waals surface area contributed by atoms with Crippen molar-refractivity contribution in [3.8, 4) is 0 Å². The number of nitrogens with zero attached hydrogens (tertiary/aromatic N) is 2. The van der Waals surface area contributed by atoms with Crippen LogP contribution in [0.15, 0.2) is 41.6 Å². The van der Waals surface area contributed by atoms with Gasteiger partial charge in [0.25, 0.3) is 0 Å². The van der Waals surface area contributed by atoms with Gasteiger partial charge in [0.2, 0.25) is 0 Å². The molecule has 5 nitrogen and oxygen atoms in total. The van der Waals surface area contributed by atoms with Crippen LogP contribution in [0.2, 0.25) is 0 Å². The van der Waals surface area contributed by atoms with Gasteiger partial charge in [0.15, 0.2) is 6.35 Å². The maximum atomic E-state index is 12.8. The summed E-state index contributed by atoms with van der Waals surface area (Å²) < 4.78 is 5.15. The van der Waals surface area contributed by atoms with Gasteiger partial charge in [0.1, 0.15) is 0 Å². The second-order valence-electron chi connectivity index (χ2n) is 6.87. The average Bonchev–Trinajstić information content (AvgIpc) is 2.72. The number of rotatable bonds is 10. The van der Waals surface area contributed by atoms with Gasteiger partial charge in [-0.15, -0.1) is 0 Å². The van der Waals surface area contributed by atoms with Crippen molar-refractivity contribution >= 4 is 37.8 Å². The van der Waals surface area contributed by atoms with Crippen molar-refractivity contribution in [3.05, 3.63) is 47.2 Å². The van der Waals surface area contributed by atoms with Crippen LogP contribution in [0.5, 0.6) is 0 Å². The van der Waals surface area contributed by atoms with Gasteiger partial charge < -0.3 is 14.7 Å². The molecule has 1 aromatic carbocycles. The van der Waals surface area contributed by atoms with E-state index in [4.69, 9.17) is 4.74 Å². The molecule has 0 fully saturated rings. The molecule has 0 spiro atoms. The number of alkyl halides is 2. The zero-order chi connectivity index (χ0) is 20.5. The zero-order valence-electron chi connectivity index (χ0n) is 16.6. The van der Waals surface area contributed by atoms with Gasteiger partial charge in [-0.2, -0.15) is 0 Å². The first kappa shape index (κ1) is 23.4. The van der Waals surface area contributed by atoms with E-state index in [0.29, 0.717) is 18.7 Å². The lowest BCUT2D eigenvalue weighted by molar-refractivity contribution is -0.146. The molecule has 7 heteroatoms. The molecule has 2 atom stereocenters. The Kier molecular flexibility index (Phi) is 9.99. The van der Waals surface area contributed by atoms with Crippen molar-refractivity contribution < 1.29 is 14.6 Å². The number of esters is 1. The minimum atomic E-state index is -0.774. The molecule has 1 aliphatic rings. The lowest BCUT2D eigenvalue weighted by Crippen LogP contribution is -2.55. The molecule has 156 valence electrons. The molecule has 0 amide bonds. The predicted octanol–water partition coefficient (Wildman–Crippen LogP) is 4.42. The second-order valence-corrected chi connectivity index (χ2v) is 8.46. The number of hydrogen-bond acceptors (Lipinski definition) is 5. The quantitative estimate of drug-likeness (QED) is 0.283. The number of unbranched alkanes of at least 4 members (excludes halogenated alkanes) is 2. The van der Waals surface area contributed by atoms with Crippen LogP contribution >= 0.6 is 31.9 Å². The number of methoxy groups -OCH3 is 1. The summed E-state index contributed by atoms with van der Waals surface area (Å²) in [5.41, 5.74) is 2.39. The van der Waals surface area contributed by atoms with Gasteiger partial charge in [-0.05, 0) is 38.2 Å². The predicted molar refractivity (Wildman–Crippen MR) is 119 cm³/mol. The summed E-state index contributed by atoms with van der Waals surface area (Å²) in [5, 5.41) is 13.1. The standard InChI is InChI=1S/C21H30Br2N2O3/c1-16-18(20(26)28-2)19(17-10-4-3-5-11-17)25(15-9-7-13-23)21(27)24(16)14-8-6-12-22/h3-5,10-11,19,21,27H,6-9,12-15H2,1-2H3. The number of benzene rings is 1. The van der Waals surface area contributed by atoms with Crippen LogP contribution in [0.3, 0.4) is 0 Å². The summed E-state index contributed by atoms with van der Waals surface area (Å²) in [6.45, 7) is 3.29. The van der Waals surface area contributed by atoms with E-state index in [1.165, 1.54) is 7.11 Å². The Morgan fingerprint density at radius 1 is 1.07 bits per heavy atom. The van der Waals surface area contributed by atoms with Gasteiger partial charge in [-0.3, -0.25) is 0 Å². The fourth-order valence-electron chi connectivity index (χ4n) is 3.66. The molecule has 1 N–H and O–H groups in total. The third-order valence-corrected chi connectivity index (χ3v) is 6.23. The maximum absolute atomic E-state index is 12.8. The smallest absolute Gasteiger partial charge is 0.337 e. The first-order valence-corrected chi connectivity index (χ1v) is 12.0. The number of carbonyl (C=O) groups excluding carboxylic acids is 1. The molecular weight excluding hydrogens is 488 g/mol. The summed E-state index contributed by atoms with van der Waals surface area (Å²) in [5.74, 6) is -0.339. The van der Waals surface area contributed by atoms with Gasteiger partial charge >= 0.3 is 5.97 Å². The van der Waals surface area contributed by atoms with E-state index in [0.717, 1.165) is 47.6 Å². The molecule has 0 bridgehead atoms. The monoisotopic (exact) mass is 516 g/mol. The van der Waals surface area contributed by atoms with Crippen molar-refractivity contribution in [2.24, 2.45) is 0 Å². The highest BCUT2D eigenvalue weighted by molar-refractivity contribution is 9.09. The van der Waals surface area contributed by atoms with Crippen LogP contribution in [-0.4, -0.2) is 58.1 Å². The van der Waals surface area contributed by atoms with Gasteiger partial charge in [0.05, 0.1) is 18.7 Å². The molecular formula is C21H30Br2N2O3. The van der Waals surface area contributed by atoms with Crippen molar-refractivity contribution in [3.63, 3.8) is 0 Å². The number of carbonyl (C=O) groups is 1. The number of aliphatic hydroxyl groups excluding tert-OH is 1. The van der Waals surface area contributed by atoms with Crippen molar-refractivity contribution in [2.45, 2.75) is 45.0 Å². The fourth-order valence-corrected chi connectivity index (χ4v) is 4.45. The fraction of sp³-hybridized carbons (Fsp3) is 0.571. The molecule has 1 aliphatic heterocycles. The molecule has 2 rings (SSSR count). The molecule has 28 heavy (non-hydrogen) atoms. The molecule has 0 saturated heterocycles. The Morgan fingerprint density at radius 2 is 1.68 bits per heavy atom. The molecule has 2 unspecified atom stereocenters. The molecule has 0 aliphatic carbocycles. The maximum Gasteiger partial charge on any atom is 0.337 e. The van der Waals surface area contributed by atoms with E-state index in [-0.39, 0.29) is 12.0 Å². The lowest BCUT2D eigenvalue weighted by atomic mass is 9.92. The summed E-state index contributed by atoms with van der Waals surface area (Å²) in [6.07, 6.45) is 3.10. The first-order valence-electron chi connectivity index (χ1n) is 9.73. The summed E-state index contributed by atoms with van der Waals surface area (Å²) in [7, 11) is 1.42. The number of hydrogen-bond donors (Lipinski definition) is 1. The highest BCUT2D eigenvalue weighted by atomic mass is 79.9. The van der Waals surface area contributed by atoms with Crippen molar-refractivity contribution in [1.82, 2.24) is 9.80 Å². The minimum Gasteiger partial charge on any atom is -0.466 e. The van der Waals surface area contributed by atoms with Gasteiger partial charge in [-0.25, -0.2) is 9.69 Å². The number of halogens is 2. The number of allylic oxidation sites excluding steroid dienone is 1. The Morgan fingerprint density at radius 3 is 2.25 bits per heavy atom. The normalized spacial score (nSPS) is 20.5. The topological polar surface area (TPSA) is 53.0 Å². The third-order valence-electron chi connectivity index (χ3n) is 5.10.